The van der Waals surface area contributed by atoms with Gasteiger partial charge in [0.15, 0.2) is 5.78 Å². The monoisotopic (exact) mass is 378 g/mol. The van der Waals surface area contributed by atoms with Crippen LogP contribution in [0, 0.1) is 5.92 Å². The average Bonchev–Trinajstić information content (AvgIpc) is 2.64. The van der Waals surface area contributed by atoms with E-state index in [0.717, 1.165) is 23.5 Å². The van der Waals surface area contributed by atoms with Crippen LogP contribution in [0.15, 0.2) is 54.6 Å². The summed E-state index contributed by atoms with van der Waals surface area (Å²) >= 11 is 5.95. The van der Waals surface area contributed by atoms with Crippen LogP contribution in [0.4, 0.5) is 23.1 Å². The second kappa shape index (κ2) is 7.37. The highest BCUT2D eigenvalue weighted by Crippen LogP contribution is 2.31. The van der Waals surface area contributed by atoms with Gasteiger partial charge in [0.2, 0.25) is 5.95 Å². The standard InChI is InChI=1S/C21H19ClN4O/c1-13-11-17-19(18(27)12-13)20(23-15-5-3-2-4-6-15)26-21(25-17)24-16-9-7-14(22)8-10-16/h2-10,13H,11-12H2,1H3,(H2,23,24,25,26). The summed E-state index contributed by atoms with van der Waals surface area (Å²) in [4.78, 5) is 21.9. The van der Waals surface area contributed by atoms with Crippen molar-refractivity contribution in [3.8, 4) is 0 Å². The molecule has 1 aromatic heterocycles. The van der Waals surface area contributed by atoms with Crippen LogP contribution in [0.2, 0.25) is 5.02 Å². The van der Waals surface area contributed by atoms with Gasteiger partial charge in [-0.2, -0.15) is 4.98 Å². The lowest BCUT2D eigenvalue weighted by Crippen LogP contribution is -2.22. The van der Waals surface area contributed by atoms with Crippen molar-refractivity contribution >= 4 is 40.5 Å². The second-order valence-electron chi connectivity index (χ2n) is 6.78. The average molecular weight is 379 g/mol. The maximum absolute atomic E-state index is 12.7. The Hall–Kier alpha value is -2.92. The van der Waals surface area contributed by atoms with Crippen LogP contribution in [0.3, 0.4) is 0 Å². The van der Waals surface area contributed by atoms with Crippen LogP contribution in [-0.2, 0) is 6.42 Å². The van der Waals surface area contributed by atoms with Crippen LogP contribution in [-0.4, -0.2) is 15.8 Å². The summed E-state index contributed by atoms with van der Waals surface area (Å²) in [6.07, 6.45) is 1.27. The zero-order valence-corrected chi connectivity index (χ0v) is 15.6. The van der Waals surface area contributed by atoms with Crippen molar-refractivity contribution in [3.05, 3.63) is 70.9 Å². The number of anilines is 4. The number of hydrogen-bond donors (Lipinski definition) is 2. The Labute approximate surface area is 162 Å². The molecule has 0 aliphatic heterocycles. The molecule has 0 fully saturated rings. The van der Waals surface area contributed by atoms with Gasteiger partial charge in [0.1, 0.15) is 5.82 Å². The molecule has 3 aromatic rings. The molecule has 0 saturated heterocycles. The largest absolute Gasteiger partial charge is 0.339 e. The molecular weight excluding hydrogens is 360 g/mol. The molecule has 1 unspecified atom stereocenters. The third-order valence-corrected chi connectivity index (χ3v) is 4.73. The minimum absolute atomic E-state index is 0.0835. The quantitative estimate of drug-likeness (QED) is 0.637. The van der Waals surface area contributed by atoms with E-state index in [1.165, 1.54) is 0 Å². The number of ketones is 1. The fourth-order valence-electron chi connectivity index (χ4n) is 3.24. The van der Waals surface area contributed by atoms with Crippen molar-refractivity contribution in [3.63, 3.8) is 0 Å². The normalized spacial score (nSPS) is 15.9. The highest BCUT2D eigenvalue weighted by molar-refractivity contribution is 6.30. The van der Waals surface area contributed by atoms with E-state index in [1.54, 1.807) is 12.1 Å². The highest BCUT2D eigenvalue weighted by atomic mass is 35.5. The lowest BCUT2D eigenvalue weighted by atomic mass is 9.87. The Kier molecular flexibility index (Phi) is 4.77. The maximum atomic E-state index is 12.7. The van der Waals surface area contributed by atoms with Gasteiger partial charge in [0, 0.05) is 22.8 Å². The number of para-hydroxylation sites is 1. The molecule has 0 amide bonds. The second-order valence-corrected chi connectivity index (χ2v) is 7.21. The third kappa shape index (κ3) is 3.93. The number of carbonyl (C=O) groups is 1. The minimum Gasteiger partial charge on any atom is -0.339 e. The van der Waals surface area contributed by atoms with Crippen molar-refractivity contribution in [1.29, 1.82) is 0 Å². The van der Waals surface area contributed by atoms with E-state index in [0.29, 0.717) is 28.8 Å². The number of fused-ring (bicyclic) bond motifs is 1. The van der Waals surface area contributed by atoms with E-state index in [1.807, 2.05) is 42.5 Å². The molecule has 0 spiro atoms. The first-order chi connectivity index (χ1) is 13.1. The number of aromatic nitrogens is 2. The van der Waals surface area contributed by atoms with Crippen molar-refractivity contribution in [2.24, 2.45) is 5.92 Å². The number of nitrogens with one attached hydrogen (secondary N) is 2. The molecule has 2 N–H and O–H groups in total. The fraction of sp³-hybridized carbons (Fsp3) is 0.190. The first-order valence-corrected chi connectivity index (χ1v) is 9.25. The van der Waals surface area contributed by atoms with Crippen molar-refractivity contribution in [2.75, 3.05) is 10.6 Å². The van der Waals surface area contributed by atoms with Gasteiger partial charge in [0.05, 0.1) is 11.3 Å². The van der Waals surface area contributed by atoms with Crippen LogP contribution in [0.1, 0.15) is 29.4 Å². The molecule has 1 heterocycles. The number of rotatable bonds is 4. The lowest BCUT2D eigenvalue weighted by molar-refractivity contribution is 0.0953. The van der Waals surface area contributed by atoms with E-state index in [-0.39, 0.29) is 11.7 Å². The molecule has 0 radical (unpaired) electrons. The van der Waals surface area contributed by atoms with Crippen LogP contribution >= 0.6 is 11.6 Å². The predicted molar refractivity (Wildman–Crippen MR) is 108 cm³/mol. The van der Waals surface area contributed by atoms with E-state index < -0.39 is 0 Å². The van der Waals surface area contributed by atoms with Crippen LogP contribution in [0.5, 0.6) is 0 Å². The number of Topliss-reactive ketones (excluding diaryl/α,β-unsaturated/α-hetero) is 1. The number of hydrogen-bond acceptors (Lipinski definition) is 5. The topological polar surface area (TPSA) is 66.9 Å². The molecule has 0 bridgehead atoms. The van der Waals surface area contributed by atoms with Gasteiger partial charge < -0.3 is 10.6 Å². The van der Waals surface area contributed by atoms with E-state index in [4.69, 9.17) is 11.6 Å². The van der Waals surface area contributed by atoms with Crippen molar-refractivity contribution in [2.45, 2.75) is 19.8 Å². The maximum Gasteiger partial charge on any atom is 0.229 e. The van der Waals surface area contributed by atoms with Gasteiger partial charge in [-0.1, -0.05) is 36.7 Å². The van der Waals surface area contributed by atoms with E-state index in [9.17, 15) is 4.79 Å². The molecule has 5 nitrogen and oxygen atoms in total. The predicted octanol–water partition coefficient (Wildman–Crippen LogP) is 5.38. The van der Waals surface area contributed by atoms with Gasteiger partial charge in [-0.05, 0) is 48.7 Å². The first-order valence-electron chi connectivity index (χ1n) is 8.87. The summed E-state index contributed by atoms with van der Waals surface area (Å²) in [5.74, 6) is 1.35. The number of nitrogens with zero attached hydrogens (tertiary/aromatic N) is 2. The smallest absolute Gasteiger partial charge is 0.229 e. The molecular formula is C21H19ClN4O. The summed E-state index contributed by atoms with van der Waals surface area (Å²) < 4.78 is 0. The Morgan fingerprint density at radius 2 is 1.63 bits per heavy atom. The summed E-state index contributed by atoms with van der Waals surface area (Å²) in [7, 11) is 0. The summed E-state index contributed by atoms with van der Waals surface area (Å²) in [6, 6.07) is 17.0. The Bertz CT molecular complexity index is 973. The van der Waals surface area contributed by atoms with Gasteiger partial charge >= 0.3 is 0 Å². The number of benzene rings is 2. The van der Waals surface area contributed by atoms with Crippen molar-refractivity contribution < 1.29 is 4.79 Å². The molecule has 1 aliphatic carbocycles. The summed E-state index contributed by atoms with van der Waals surface area (Å²) in [6.45, 7) is 2.07. The molecule has 136 valence electrons. The molecule has 4 rings (SSSR count). The van der Waals surface area contributed by atoms with E-state index >= 15 is 0 Å². The van der Waals surface area contributed by atoms with Crippen LogP contribution in [0.25, 0.3) is 0 Å². The van der Waals surface area contributed by atoms with Gasteiger partial charge in [-0.15, -0.1) is 0 Å². The summed E-state index contributed by atoms with van der Waals surface area (Å²) in [5.41, 5.74) is 3.09. The van der Waals surface area contributed by atoms with Crippen molar-refractivity contribution in [1.82, 2.24) is 9.97 Å². The Morgan fingerprint density at radius 3 is 2.37 bits per heavy atom. The number of halogens is 1. The molecule has 27 heavy (non-hydrogen) atoms. The molecule has 2 aromatic carbocycles. The van der Waals surface area contributed by atoms with Crippen LogP contribution < -0.4 is 10.6 Å². The lowest BCUT2D eigenvalue weighted by Gasteiger charge is -2.23. The molecule has 1 atom stereocenters. The zero-order chi connectivity index (χ0) is 18.8. The third-order valence-electron chi connectivity index (χ3n) is 4.48. The summed E-state index contributed by atoms with van der Waals surface area (Å²) in [5, 5.41) is 7.15. The molecule has 6 heteroatoms. The molecule has 0 saturated carbocycles. The van der Waals surface area contributed by atoms with Gasteiger partial charge in [-0.25, -0.2) is 4.98 Å². The number of carbonyl (C=O) groups excluding carboxylic acids is 1. The molecule has 1 aliphatic rings. The first kappa shape index (κ1) is 17.5. The Morgan fingerprint density at radius 1 is 0.926 bits per heavy atom. The zero-order valence-electron chi connectivity index (χ0n) is 14.9. The fourth-order valence-corrected chi connectivity index (χ4v) is 3.36. The highest BCUT2D eigenvalue weighted by Gasteiger charge is 2.28. The minimum atomic E-state index is 0.0835. The van der Waals surface area contributed by atoms with E-state index in [2.05, 4.69) is 27.5 Å². The Balaban J connectivity index is 1.74. The van der Waals surface area contributed by atoms with Gasteiger partial charge in [-0.3, -0.25) is 4.79 Å². The SMILES string of the molecule is CC1CC(=O)c2c(nc(Nc3ccc(Cl)cc3)nc2Nc2ccccc2)C1. The van der Waals surface area contributed by atoms with Gasteiger partial charge in [0.25, 0.3) is 0 Å².